The molecule has 0 aliphatic heterocycles. The maximum atomic E-state index is 11.7. The van der Waals surface area contributed by atoms with Crippen LogP contribution in [0.5, 0.6) is 0 Å². The maximum absolute atomic E-state index is 11.7. The predicted octanol–water partition coefficient (Wildman–Crippen LogP) is 0.857. The van der Waals surface area contributed by atoms with E-state index in [4.69, 9.17) is 10.5 Å². The zero-order valence-electron chi connectivity index (χ0n) is 10.4. The summed E-state index contributed by atoms with van der Waals surface area (Å²) in [5, 5.41) is 0. The highest BCUT2D eigenvalue weighted by Crippen LogP contribution is 2.02. The van der Waals surface area contributed by atoms with Crippen LogP contribution in [0.4, 0.5) is 0 Å². The number of ether oxygens (including phenoxy) is 1. The van der Waals surface area contributed by atoms with E-state index in [9.17, 15) is 4.79 Å². The van der Waals surface area contributed by atoms with Crippen LogP contribution in [-0.4, -0.2) is 42.6 Å². The summed E-state index contributed by atoms with van der Waals surface area (Å²) >= 11 is 0. The fraction of sp³-hybridized carbons (Fsp3) is 0.455. The number of halogens is 2. The van der Waals surface area contributed by atoms with Gasteiger partial charge in [-0.3, -0.25) is 9.78 Å². The molecule has 7 heteroatoms. The Morgan fingerprint density at radius 2 is 2.00 bits per heavy atom. The predicted molar refractivity (Wildman–Crippen MR) is 75.1 cm³/mol. The maximum Gasteiger partial charge on any atom is 0.241 e. The highest BCUT2D eigenvalue weighted by Gasteiger charge is 2.17. The number of carbonyl (C=O) groups is 1. The molecule has 1 unspecified atom stereocenters. The topological polar surface area (TPSA) is 68.5 Å². The van der Waals surface area contributed by atoms with Crippen LogP contribution in [0.3, 0.4) is 0 Å². The van der Waals surface area contributed by atoms with Gasteiger partial charge in [0.1, 0.15) is 6.04 Å². The molecule has 18 heavy (non-hydrogen) atoms. The second-order valence-corrected chi connectivity index (χ2v) is 3.61. The summed E-state index contributed by atoms with van der Waals surface area (Å²) in [6.45, 7) is 0.762. The quantitative estimate of drug-likeness (QED) is 0.875. The van der Waals surface area contributed by atoms with E-state index in [0.29, 0.717) is 6.54 Å². The largest absolute Gasteiger partial charge is 0.383 e. The number of nitrogens with two attached hydrogens (primary N) is 1. The second kappa shape index (κ2) is 10.1. The number of rotatable bonds is 5. The van der Waals surface area contributed by atoms with E-state index >= 15 is 0 Å². The molecule has 1 heterocycles. The van der Waals surface area contributed by atoms with Crippen LogP contribution in [0, 0.1) is 0 Å². The first-order valence-corrected chi connectivity index (χ1v) is 5.03. The van der Waals surface area contributed by atoms with Crippen molar-refractivity contribution in [1.82, 2.24) is 9.88 Å². The first-order chi connectivity index (χ1) is 7.65. The minimum atomic E-state index is -0.600. The molecule has 0 saturated heterocycles. The Hall–Kier alpha value is -0.880. The molecule has 2 N–H and O–H groups in total. The number of likely N-dealkylation sites (N-methyl/N-ethyl adjacent to an activating group) is 1. The summed E-state index contributed by atoms with van der Waals surface area (Å²) < 4.78 is 4.84. The van der Waals surface area contributed by atoms with Crippen LogP contribution in [0.1, 0.15) is 5.56 Å². The van der Waals surface area contributed by atoms with E-state index in [0.717, 1.165) is 5.56 Å². The molecule has 0 saturated carbocycles. The van der Waals surface area contributed by atoms with Gasteiger partial charge in [-0.05, 0) is 17.7 Å². The van der Waals surface area contributed by atoms with Gasteiger partial charge < -0.3 is 15.4 Å². The molecule has 0 radical (unpaired) electrons. The van der Waals surface area contributed by atoms with Crippen LogP contribution < -0.4 is 5.73 Å². The van der Waals surface area contributed by atoms with Gasteiger partial charge in [0.25, 0.3) is 0 Å². The molecule has 0 aliphatic carbocycles. The fourth-order valence-corrected chi connectivity index (χ4v) is 1.37. The van der Waals surface area contributed by atoms with Gasteiger partial charge in [0.15, 0.2) is 0 Å². The standard InChI is InChI=1S/C11H17N3O2.2ClH/c1-14(11(15)10(12)8-16-2)7-9-3-5-13-6-4-9;;/h3-6,10H,7-8,12H2,1-2H3;2*1H. The van der Waals surface area contributed by atoms with Gasteiger partial charge in [-0.15, -0.1) is 24.8 Å². The van der Waals surface area contributed by atoms with Gasteiger partial charge >= 0.3 is 0 Å². The number of carbonyl (C=O) groups excluding carboxylic acids is 1. The molecular weight excluding hydrogens is 277 g/mol. The van der Waals surface area contributed by atoms with Crippen molar-refractivity contribution in [2.75, 3.05) is 20.8 Å². The molecule has 104 valence electrons. The Morgan fingerprint density at radius 3 is 2.50 bits per heavy atom. The molecule has 1 amide bonds. The van der Waals surface area contributed by atoms with Crippen LogP contribution >= 0.6 is 24.8 Å². The molecule has 0 spiro atoms. The van der Waals surface area contributed by atoms with Gasteiger partial charge in [0.2, 0.25) is 5.91 Å². The molecule has 1 aromatic rings. The van der Waals surface area contributed by atoms with Gasteiger partial charge in [-0.1, -0.05) is 0 Å². The van der Waals surface area contributed by atoms with E-state index in [1.807, 2.05) is 12.1 Å². The summed E-state index contributed by atoms with van der Waals surface area (Å²) in [4.78, 5) is 17.2. The highest BCUT2D eigenvalue weighted by molar-refractivity contribution is 5.85. The third kappa shape index (κ3) is 6.16. The minimum Gasteiger partial charge on any atom is -0.383 e. The van der Waals surface area contributed by atoms with Crippen molar-refractivity contribution in [2.24, 2.45) is 5.73 Å². The summed E-state index contributed by atoms with van der Waals surface area (Å²) in [5.74, 6) is -0.126. The van der Waals surface area contributed by atoms with Crippen LogP contribution in [0.2, 0.25) is 0 Å². The second-order valence-electron chi connectivity index (χ2n) is 3.61. The lowest BCUT2D eigenvalue weighted by molar-refractivity contribution is -0.132. The number of hydrogen-bond acceptors (Lipinski definition) is 4. The Labute approximate surface area is 120 Å². The molecule has 1 rings (SSSR count). The molecule has 5 nitrogen and oxygen atoms in total. The zero-order valence-corrected chi connectivity index (χ0v) is 12.0. The van der Waals surface area contributed by atoms with Crippen molar-refractivity contribution in [1.29, 1.82) is 0 Å². The summed E-state index contributed by atoms with van der Waals surface area (Å²) in [7, 11) is 3.24. The molecular formula is C11H19Cl2N3O2. The number of amides is 1. The van der Waals surface area contributed by atoms with E-state index in [1.54, 1.807) is 24.3 Å². The van der Waals surface area contributed by atoms with E-state index in [-0.39, 0.29) is 37.3 Å². The van der Waals surface area contributed by atoms with Crippen molar-refractivity contribution < 1.29 is 9.53 Å². The molecule has 1 aromatic heterocycles. The molecule has 0 bridgehead atoms. The SMILES string of the molecule is COCC(N)C(=O)N(C)Cc1ccncc1.Cl.Cl. The van der Waals surface area contributed by atoms with Crippen molar-refractivity contribution in [3.05, 3.63) is 30.1 Å². The average Bonchev–Trinajstić information content (AvgIpc) is 2.29. The third-order valence-electron chi connectivity index (χ3n) is 2.21. The van der Waals surface area contributed by atoms with Gasteiger partial charge in [0.05, 0.1) is 6.61 Å². The Balaban J connectivity index is 0. The summed E-state index contributed by atoms with van der Waals surface area (Å²) in [6.07, 6.45) is 3.39. The van der Waals surface area contributed by atoms with Crippen LogP contribution in [0.15, 0.2) is 24.5 Å². The van der Waals surface area contributed by atoms with Crippen molar-refractivity contribution >= 4 is 30.7 Å². The lowest BCUT2D eigenvalue weighted by Gasteiger charge is -2.20. The number of aromatic nitrogens is 1. The van der Waals surface area contributed by atoms with Crippen LogP contribution in [-0.2, 0) is 16.1 Å². The third-order valence-corrected chi connectivity index (χ3v) is 2.21. The smallest absolute Gasteiger partial charge is 0.241 e. The minimum absolute atomic E-state index is 0. The van der Waals surface area contributed by atoms with E-state index in [1.165, 1.54) is 7.11 Å². The molecule has 0 aliphatic rings. The van der Waals surface area contributed by atoms with Crippen molar-refractivity contribution in [3.8, 4) is 0 Å². The van der Waals surface area contributed by atoms with Crippen LogP contribution in [0.25, 0.3) is 0 Å². The molecule has 0 aromatic carbocycles. The molecule has 0 fully saturated rings. The Kier molecular flexibility index (Phi) is 10.9. The first kappa shape index (κ1) is 19.5. The average molecular weight is 296 g/mol. The summed E-state index contributed by atoms with van der Waals surface area (Å²) in [5.41, 5.74) is 6.68. The first-order valence-electron chi connectivity index (χ1n) is 5.03. The Bertz CT molecular complexity index is 338. The van der Waals surface area contributed by atoms with Gasteiger partial charge in [0, 0.05) is 33.1 Å². The lowest BCUT2D eigenvalue weighted by Crippen LogP contribution is -2.44. The van der Waals surface area contributed by atoms with E-state index in [2.05, 4.69) is 4.98 Å². The van der Waals surface area contributed by atoms with E-state index < -0.39 is 6.04 Å². The fourth-order valence-electron chi connectivity index (χ4n) is 1.37. The number of pyridine rings is 1. The number of hydrogen-bond donors (Lipinski definition) is 1. The zero-order chi connectivity index (χ0) is 12.0. The highest BCUT2D eigenvalue weighted by atomic mass is 35.5. The van der Waals surface area contributed by atoms with Gasteiger partial charge in [-0.25, -0.2) is 0 Å². The number of methoxy groups -OCH3 is 1. The number of nitrogens with zero attached hydrogens (tertiary/aromatic N) is 2. The normalized spacial score (nSPS) is 10.8. The van der Waals surface area contributed by atoms with Crippen molar-refractivity contribution in [3.63, 3.8) is 0 Å². The van der Waals surface area contributed by atoms with Crippen molar-refractivity contribution in [2.45, 2.75) is 12.6 Å². The summed E-state index contributed by atoms with van der Waals surface area (Å²) in [6, 6.07) is 3.13. The Morgan fingerprint density at radius 1 is 1.44 bits per heavy atom. The molecule has 1 atom stereocenters. The lowest BCUT2D eigenvalue weighted by atomic mass is 10.2. The monoisotopic (exact) mass is 295 g/mol. The van der Waals surface area contributed by atoms with Gasteiger partial charge in [-0.2, -0.15) is 0 Å².